The molecule has 0 saturated carbocycles. The minimum absolute atomic E-state index is 0.0292. The van der Waals surface area contributed by atoms with E-state index in [1.165, 1.54) is 12.1 Å². The number of carbonyl (C=O) groups excluding carboxylic acids is 1. The molecule has 1 heterocycles. The van der Waals surface area contributed by atoms with Crippen molar-refractivity contribution in [1.29, 1.82) is 0 Å². The zero-order valence-corrected chi connectivity index (χ0v) is 15.9. The Bertz CT molecular complexity index is 1270. The summed E-state index contributed by atoms with van der Waals surface area (Å²) < 4.78 is 33.5. The lowest BCUT2D eigenvalue weighted by molar-refractivity contribution is 0.0956. The van der Waals surface area contributed by atoms with Crippen LogP contribution in [0.4, 0.5) is 0 Å². The fraction of sp³-hybridized carbons (Fsp3) is 0.0455. The average Bonchev–Trinajstić information content (AvgIpc) is 3.12. The Balaban J connectivity index is 1.68. The molecule has 5 nitrogen and oxygen atoms in total. The van der Waals surface area contributed by atoms with Crippen LogP contribution in [0.15, 0.2) is 88.2 Å². The van der Waals surface area contributed by atoms with Gasteiger partial charge in [0.2, 0.25) is 0 Å². The Hall–Kier alpha value is -3.38. The van der Waals surface area contributed by atoms with Gasteiger partial charge in [0.25, 0.3) is 10.0 Å². The molecular formula is C22H17NO4S. The van der Waals surface area contributed by atoms with Crippen LogP contribution in [0.2, 0.25) is 0 Å². The normalized spacial score (nSPS) is 11.5. The van der Waals surface area contributed by atoms with Gasteiger partial charge >= 0.3 is 5.91 Å². The Kier molecular flexibility index (Phi) is 4.49. The van der Waals surface area contributed by atoms with Crippen molar-refractivity contribution in [3.8, 4) is 11.1 Å². The van der Waals surface area contributed by atoms with E-state index in [1.54, 1.807) is 24.3 Å². The highest BCUT2D eigenvalue weighted by Gasteiger charge is 2.24. The number of rotatable bonds is 4. The molecule has 0 saturated heterocycles. The summed E-state index contributed by atoms with van der Waals surface area (Å²) in [5.74, 6) is -0.863. The van der Waals surface area contributed by atoms with Gasteiger partial charge in [-0.15, -0.1) is 0 Å². The van der Waals surface area contributed by atoms with E-state index in [0.717, 1.165) is 16.5 Å². The summed E-state index contributed by atoms with van der Waals surface area (Å²) in [5, 5.41) is 0.734. The number of carbonyl (C=O) groups is 1. The Morgan fingerprint density at radius 1 is 0.893 bits per heavy atom. The van der Waals surface area contributed by atoms with Crippen molar-refractivity contribution in [3.05, 3.63) is 90.2 Å². The Labute approximate surface area is 162 Å². The predicted molar refractivity (Wildman–Crippen MR) is 107 cm³/mol. The van der Waals surface area contributed by atoms with Crippen molar-refractivity contribution >= 4 is 26.9 Å². The fourth-order valence-corrected chi connectivity index (χ4v) is 4.22. The minimum Gasteiger partial charge on any atom is -0.451 e. The maximum atomic E-state index is 12.9. The number of nitrogens with one attached hydrogen (secondary N) is 1. The lowest BCUT2D eigenvalue weighted by atomic mass is 10.1. The number of benzene rings is 3. The average molecular weight is 391 g/mol. The topological polar surface area (TPSA) is 76.4 Å². The molecule has 0 radical (unpaired) electrons. The van der Waals surface area contributed by atoms with Gasteiger partial charge in [-0.05, 0) is 36.2 Å². The molecule has 1 amide bonds. The quantitative estimate of drug-likeness (QED) is 0.555. The lowest BCUT2D eigenvalue weighted by Gasteiger charge is -2.11. The van der Waals surface area contributed by atoms with Crippen LogP contribution in [-0.4, -0.2) is 14.3 Å². The molecule has 4 rings (SSSR count). The third kappa shape index (κ3) is 3.42. The molecule has 140 valence electrons. The Morgan fingerprint density at radius 2 is 1.61 bits per heavy atom. The molecule has 0 atom stereocenters. The summed E-state index contributed by atoms with van der Waals surface area (Å²) in [6, 6.07) is 22.7. The number of fused-ring (bicyclic) bond motifs is 1. The number of aryl methyl sites for hydroxylation is 1. The van der Waals surface area contributed by atoms with Gasteiger partial charge in [-0.2, -0.15) is 0 Å². The summed E-state index contributed by atoms with van der Waals surface area (Å²) >= 11 is 0. The van der Waals surface area contributed by atoms with E-state index < -0.39 is 15.9 Å². The van der Waals surface area contributed by atoms with Crippen molar-refractivity contribution in [1.82, 2.24) is 4.72 Å². The summed E-state index contributed by atoms with van der Waals surface area (Å²) in [5.41, 5.74) is 2.78. The van der Waals surface area contributed by atoms with Gasteiger partial charge in [0.05, 0.1) is 4.90 Å². The van der Waals surface area contributed by atoms with Crippen LogP contribution in [0, 0.1) is 6.92 Å². The van der Waals surface area contributed by atoms with Gasteiger partial charge in [0.15, 0.2) is 5.76 Å². The summed E-state index contributed by atoms with van der Waals surface area (Å²) in [6.07, 6.45) is 0. The number of hydrogen-bond donors (Lipinski definition) is 1. The second kappa shape index (κ2) is 6.98. The van der Waals surface area contributed by atoms with Crippen LogP contribution in [0.25, 0.3) is 22.1 Å². The zero-order valence-electron chi connectivity index (χ0n) is 15.0. The van der Waals surface area contributed by atoms with Gasteiger partial charge < -0.3 is 4.42 Å². The molecule has 0 aliphatic heterocycles. The van der Waals surface area contributed by atoms with Gasteiger partial charge in [-0.25, -0.2) is 13.1 Å². The predicted octanol–water partition coefficient (Wildman–Crippen LogP) is 4.53. The van der Waals surface area contributed by atoms with Crippen LogP contribution >= 0.6 is 0 Å². The highest BCUT2D eigenvalue weighted by molar-refractivity contribution is 7.90. The van der Waals surface area contributed by atoms with Gasteiger partial charge in [-0.1, -0.05) is 60.7 Å². The summed E-state index contributed by atoms with van der Waals surface area (Å²) in [6.45, 7) is 1.91. The minimum atomic E-state index is -4.09. The second-order valence-corrected chi connectivity index (χ2v) is 8.10. The smallest absolute Gasteiger partial charge is 0.300 e. The first kappa shape index (κ1) is 18.0. The molecule has 0 bridgehead atoms. The first-order valence-electron chi connectivity index (χ1n) is 8.66. The molecule has 0 aliphatic rings. The molecule has 0 spiro atoms. The van der Waals surface area contributed by atoms with Gasteiger partial charge in [0, 0.05) is 10.9 Å². The van der Waals surface area contributed by atoms with E-state index >= 15 is 0 Å². The Morgan fingerprint density at radius 3 is 2.39 bits per heavy atom. The third-order valence-electron chi connectivity index (χ3n) is 4.39. The van der Waals surface area contributed by atoms with E-state index in [1.807, 2.05) is 49.4 Å². The highest BCUT2D eigenvalue weighted by atomic mass is 32.2. The molecule has 28 heavy (non-hydrogen) atoms. The van der Waals surface area contributed by atoms with E-state index in [2.05, 4.69) is 4.72 Å². The molecule has 3 aromatic carbocycles. The highest BCUT2D eigenvalue weighted by Crippen LogP contribution is 2.27. The van der Waals surface area contributed by atoms with Crippen molar-refractivity contribution in [2.75, 3.05) is 0 Å². The zero-order chi connectivity index (χ0) is 19.7. The van der Waals surface area contributed by atoms with Crippen molar-refractivity contribution in [2.45, 2.75) is 11.8 Å². The monoisotopic (exact) mass is 391 g/mol. The first-order chi connectivity index (χ1) is 13.4. The standard InChI is InChI=1S/C22H17NO4S/c1-15-11-12-17-14-20(27-19(17)13-15)22(24)23-28(25,26)21-10-6-5-9-18(21)16-7-3-2-4-8-16/h2-14H,1H3,(H,23,24). The molecular weight excluding hydrogens is 374 g/mol. The maximum absolute atomic E-state index is 12.9. The van der Waals surface area contributed by atoms with Gasteiger partial charge in [-0.3, -0.25) is 4.79 Å². The summed E-state index contributed by atoms with van der Waals surface area (Å²) in [7, 11) is -4.09. The number of sulfonamides is 1. The molecule has 1 N–H and O–H groups in total. The van der Waals surface area contributed by atoms with Crippen LogP contribution in [0.5, 0.6) is 0 Å². The van der Waals surface area contributed by atoms with E-state index in [-0.39, 0.29) is 10.7 Å². The first-order valence-corrected chi connectivity index (χ1v) is 10.1. The van der Waals surface area contributed by atoms with Crippen LogP contribution in [0.3, 0.4) is 0 Å². The molecule has 0 fully saturated rings. The summed E-state index contributed by atoms with van der Waals surface area (Å²) in [4.78, 5) is 12.6. The molecule has 0 aliphatic carbocycles. The molecule has 4 aromatic rings. The number of furan rings is 1. The molecule has 0 unspecified atom stereocenters. The SMILES string of the molecule is Cc1ccc2cc(C(=O)NS(=O)(=O)c3ccccc3-c3ccccc3)oc2c1. The van der Waals surface area contributed by atoms with E-state index in [4.69, 9.17) is 4.42 Å². The maximum Gasteiger partial charge on any atom is 0.300 e. The van der Waals surface area contributed by atoms with Crippen LogP contribution < -0.4 is 4.72 Å². The van der Waals surface area contributed by atoms with Crippen LogP contribution in [0.1, 0.15) is 16.1 Å². The van der Waals surface area contributed by atoms with Crippen molar-refractivity contribution < 1.29 is 17.6 Å². The van der Waals surface area contributed by atoms with Crippen molar-refractivity contribution in [3.63, 3.8) is 0 Å². The fourth-order valence-electron chi connectivity index (χ4n) is 3.03. The molecule has 1 aromatic heterocycles. The van der Waals surface area contributed by atoms with Crippen LogP contribution in [-0.2, 0) is 10.0 Å². The van der Waals surface area contributed by atoms with E-state index in [9.17, 15) is 13.2 Å². The lowest BCUT2D eigenvalue weighted by Crippen LogP contribution is -2.30. The third-order valence-corrected chi connectivity index (χ3v) is 5.78. The molecule has 6 heteroatoms. The number of hydrogen-bond acceptors (Lipinski definition) is 4. The van der Waals surface area contributed by atoms with E-state index in [0.29, 0.717) is 11.1 Å². The van der Waals surface area contributed by atoms with Gasteiger partial charge in [0.1, 0.15) is 5.58 Å². The second-order valence-electron chi connectivity index (χ2n) is 6.45. The van der Waals surface area contributed by atoms with Crippen molar-refractivity contribution in [2.24, 2.45) is 0 Å². The largest absolute Gasteiger partial charge is 0.451 e. The number of amides is 1.